The van der Waals surface area contributed by atoms with Crippen molar-refractivity contribution in [2.75, 3.05) is 6.54 Å². The Kier molecular flexibility index (Phi) is 10.9. The molecule has 2 atom stereocenters. The number of aliphatic carboxylic acids is 2. The fourth-order valence-electron chi connectivity index (χ4n) is 1.45. The largest absolute Gasteiger partial charge is 4.00 e. The Hall–Kier alpha value is -0.452. The van der Waals surface area contributed by atoms with Crippen LogP contribution in [-0.4, -0.2) is 24.5 Å². The van der Waals surface area contributed by atoms with Gasteiger partial charge in [-0.25, -0.2) is 0 Å². The van der Waals surface area contributed by atoms with E-state index in [1.165, 1.54) is 12.8 Å². The molecule has 0 amide bonds. The fraction of sp³-hybridized carbons (Fsp3) is 0.778. The molecular formula is C9H14N2O4Pt. The molecule has 2 N–H and O–H groups in total. The molecule has 6 nitrogen and oxygen atoms in total. The van der Waals surface area contributed by atoms with Gasteiger partial charge in [0.25, 0.3) is 0 Å². The Morgan fingerprint density at radius 1 is 1.12 bits per heavy atom. The molecule has 1 rings (SSSR count). The van der Waals surface area contributed by atoms with Gasteiger partial charge >= 0.3 is 21.1 Å². The number of hydrogen-bond donors (Lipinski definition) is 0. The van der Waals surface area contributed by atoms with Crippen molar-refractivity contribution >= 4 is 11.9 Å². The van der Waals surface area contributed by atoms with Crippen LogP contribution in [-0.2, 0) is 30.7 Å². The normalized spacial score (nSPS) is 23.4. The predicted octanol–water partition coefficient (Wildman–Crippen LogP) is -0.867. The molecule has 0 aromatic carbocycles. The van der Waals surface area contributed by atoms with Crippen molar-refractivity contribution in [2.45, 2.75) is 31.7 Å². The second-order valence-electron chi connectivity index (χ2n) is 3.43. The van der Waals surface area contributed by atoms with Crippen LogP contribution in [0.2, 0.25) is 0 Å². The summed E-state index contributed by atoms with van der Waals surface area (Å²) in [6.45, 7) is 0.466. The van der Waals surface area contributed by atoms with Crippen LogP contribution in [0.4, 0.5) is 0 Å². The third-order valence-corrected chi connectivity index (χ3v) is 2.34. The molecule has 0 unspecified atom stereocenters. The minimum atomic E-state index is -2.19. The summed E-state index contributed by atoms with van der Waals surface area (Å²) in [5.74, 6) is -3.98. The van der Waals surface area contributed by atoms with Gasteiger partial charge in [-0.2, -0.15) is 0 Å². The van der Waals surface area contributed by atoms with Crippen LogP contribution < -0.4 is 10.2 Å². The van der Waals surface area contributed by atoms with Crippen molar-refractivity contribution in [1.82, 2.24) is 0 Å². The number of carbonyl (C=O) groups excluding carboxylic acids is 2. The Labute approximate surface area is 109 Å². The quantitative estimate of drug-likeness (QED) is 0.522. The van der Waals surface area contributed by atoms with Gasteiger partial charge in [-0.1, -0.05) is 31.6 Å². The number of hydrogen-bond acceptors (Lipinski definition) is 4. The molecule has 0 aromatic rings. The van der Waals surface area contributed by atoms with Gasteiger partial charge in [-0.05, 0) is 0 Å². The molecule has 0 aliphatic heterocycles. The van der Waals surface area contributed by atoms with Gasteiger partial charge in [0.2, 0.25) is 0 Å². The van der Waals surface area contributed by atoms with Gasteiger partial charge in [0, 0.05) is 0 Å². The number of carboxylic acids is 2. The summed E-state index contributed by atoms with van der Waals surface area (Å²) >= 11 is 0. The molecule has 16 heavy (non-hydrogen) atoms. The van der Waals surface area contributed by atoms with E-state index in [0.29, 0.717) is 12.5 Å². The van der Waals surface area contributed by atoms with Gasteiger partial charge in [-0.15, -0.1) is 12.6 Å². The van der Waals surface area contributed by atoms with E-state index >= 15 is 0 Å². The average Bonchev–Trinajstić information content (AvgIpc) is 2.19. The minimum Gasteiger partial charge on any atom is -0.677 e. The maximum absolute atomic E-state index is 8.93. The van der Waals surface area contributed by atoms with Crippen LogP contribution in [0.5, 0.6) is 0 Å². The number of carbonyl (C=O) groups is 2. The molecule has 1 aliphatic carbocycles. The predicted molar refractivity (Wildman–Crippen MR) is 49.3 cm³/mol. The summed E-state index contributed by atoms with van der Waals surface area (Å²) in [4.78, 5) is 17.9. The zero-order valence-electron chi connectivity index (χ0n) is 8.64. The first-order chi connectivity index (χ1) is 6.99. The van der Waals surface area contributed by atoms with Gasteiger partial charge in [0.05, 0.1) is 11.9 Å². The topological polar surface area (TPSA) is 128 Å². The van der Waals surface area contributed by atoms with Crippen LogP contribution in [0.25, 0.3) is 11.5 Å². The summed E-state index contributed by atoms with van der Waals surface area (Å²) in [6, 6.07) is 0.0799. The Balaban J connectivity index is 0. The number of carboxylic acid groups (broad SMARTS) is 2. The minimum absolute atomic E-state index is 0. The molecule has 7 heteroatoms. The van der Waals surface area contributed by atoms with Gasteiger partial charge in [0.1, 0.15) is 0 Å². The van der Waals surface area contributed by atoms with Crippen LogP contribution in [0, 0.1) is 5.92 Å². The molecule has 0 saturated heterocycles. The van der Waals surface area contributed by atoms with Crippen molar-refractivity contribution in [3.05, 3.63) is 11.5 Å². The first-order valence-electron chi connectivity index (χ1n) is 4.77. The summed E-state index contributed by atoms with van der Waals surface area (Å²) in [5.41, 5.74) is 14.6. The molecule has 0 bridgehead atoms. The van der Waals surface area contributed by atoms with E-state index < -0.39 is 11.9 Å². The Morgan fingerprint density at radius 2 is 1.56 bits per heavy atom. The van der Waals surface area contributed by atoms with Crippen LogP contribution >= 0.6 is 0 Å². The maximum Gasteiger partial charge on any atom is 4.00 e. The Morgan fingerprint density at radius 3 is 1.81 bits per heavy atom. The molecule has 1 saturated carbocycles. The first-order valence-corrected chi connectivity index (χ1v) is 4.77. The van der Waals surface area contributed by atoms with Gasteiger partial charge in [0.15, 0.2) is 0 Å². The second-order valence-corrected chi connectivity index (χ2v) is 3.43. The molecular weight excluding hydrogens is 395 g/mol. The van der Waals surface area contributed by atoms with Gasteiger partial charge < -0.3 is 31.3 Å². The second kappa shape index (κ2) is 9.75. The Bertz CT molecular complexity index is 214. The van der Waals surface area contributed by atoms with Crippen LogP contribution in [0.1, 0.15) is 25.7 Å². The monoisotopic (exact) mass is 409 g/mol. The molecule has 0 spiro atoms. The average molecular weight is 409 g/mol. The van der Waals surface area contributed by atoms with Crippen molar-refractivity contribution in [2.24, 2.45) is 5.92 Å². The smallest absolute Gasteiger partial charge is 0.677 e. The van der Waals surface area contributed by atoms with E-state index in [9.17, 15) is 0 Å². The van der Waals surface area contributed by atoms with Crippen molar-refractivity contribution in [3.63, 3.8) is 0 Å². The SMILES string of the molecule is O=C([O-])C(=O)[O-].[NH-]C[C@H]1CCCC[C@@H]1[NH-].[Pt+4]. The zero-order valence-corrected chi connectivity index (χ0v) is 10.9. The van der Waals surface area contributed by atoms with Crippen LogP contribution in [0.3, 0.4) is 0 Å². The summed E-state index contributed by atoms with van der Waals surface area (Å²) < 4.78 is 0. The van der Waals surface area contributed by atoms with E-state index in [4.69, 9.17) is 31.3 Å². The van der Waals surface area contributed by atoms with Crippen molar-refractivity contribution < 1.29 is 40.9 Å². The van der Waals surface area contributed by atoms with Crippen molar-refractivity contribution in [3.8, 4) is 0 Å². The molecule has 94 valence electrons. The van der Waals surface area contributed by atoms with Gasteiger partial charge in [-0.3, -0.25) is 0 Å². The van der Waals surface area contributed by atoms with E-state index in [-0.39, 0.29) is 27.1 Å². The van der Waals surface area contributed by atoms with E-state index in [0.717, 1.165) is 12.8 Å². The van der Waals surface area contributed by atoms with E-state index in [2.05, 4.69) is 0 Å². The molecule has 0 radical (unpaired) electrons. The number of rotatable bonds is 1. The first kappa shape index (κ1) is 17.9. The zero-order chi connectivity index (χ0) is 11.8. The molecule has 1 aliphatic rings. The molecule has 1 fully saturated rings. The van der Waals surface area contributed by atoms with Crippen LogP contribution in [0.15, 0.2) is 0 Å². The summed E-state index contributed by atoms with van der Waals surface area (Å²) in [5, 5.41) is 17.9. The fourth-order valence-corrected chi connectivity index (χ4v) is 1.45. The number of nitrogens with one attached hydrogen (secondary N) is 2. The third kappa shape index (κ3) is 7.79. The standard InChI is InChI=1S/C7H14N2.C2H2O4.Pt/c8-5-6-3-1-2-4-7(6)9;3-1(4)2(5)6;/h6-9H,1-5H2;(H,3,4)(H,5,6);/q-2;;+4/p-2/t6-,7+;;/m1../s1. The molecule has 0 heterocycles. The maximum atomic E-state index is 8.93. The third-order valence-electron chi connectivity index (χ3n) is 2.34. The summed E-state index contributed by atoms with van der Waals surface area (Å²) in [7, 11) is 0. The van der Waals surface area contributed by atoms with E-state index in [1.807, 2.05) is 0 Å². The van der Waals surface area contributed by atoms with Crippen molar-refractivity contribution in [1.29, 1.82) is 0 Å². The molecule has 0 aromatic heterocycles. The summed E-state index contributed by atoms with van der Waals surface area (Å²) in [6.07, 6.45) is 4.62. The van der Waals surface area contributed by atoms with E-state index in [1.54, 1.807) is 0 Å².